The van der Waals surface area contributed by atoms with Gasteiger partial charge in [-0.2, -0.15) is 0 Å². The smallest absolute Gasteiger partial charge is 0.231 e. The summed E-state index contributed by atoms with van der Waals surface area (Å²) in [4.78, 5) is 12.4. The van der Waals surface area contributed by atoms with Crippen molar-refractivity contribution in [3.8, 4) is 0 Å². The van der Waals surface area contributed by atoms with Gasteiger partial charge in [0, 0.05) is 24.5 Å². The number of fused-ring (bicyclic) bond motifs is 1. The fraction of sp³-hybridized carbons (Fsp3) is 0.533. The van der Waals surface area contributed by atoms with Crippen LogP contribution in [0.4, 0.5) is 11.4 Å². The summed E-state index contributed by atoms with van der Waals surface area (Å²) in [7, 11) is 0. The van der Waals surface area contributed by atoms with Crippen molar-refractivity contribution < 1.29 is 4.79 Å². The van der Waals surface area contributed by atoms with E-state index in [1.165, 1.54) is 11.3 Å². The third kappa shape index (κ3) is 4.02. The van der Waals surface area contributed by atoms with Gasteiger partial charge in [0.15, 0.2) is 0 Å². The van der Waals surface area contributed by atoms with Gasteiger partial charge in [-0.15, -0.1) is 24.8 Å². The van der Waals surface area contributed by atoms with Crippen molar-refractivity contribution >= 4 is 42.1 Å². The lowest BCUT2D eigenvalue weighted by Gasteiger charge is -2.28. The van der Waals surface area contributed by atoms with Gasteiger partial charge in [0.25, 0.3) is 0 Å². The summed E-state index contributed by atoms with van der Waals surface area (Å²) in [6.45, 7) is 5.40. The lowest BCUT2D eigenvalue weighted by Crippen LogP contribution is -2.41. The van der Waals surface area contributed by atoms with E-state index < -0.39 is 5.41 Å². The number of anilines is 2. The minimum atomic E-state index is -0.447. The molecular formula is C15H25Cl2N3O. The van der Waals surface area contributed by atoms with Gasteiger partial charge in [-0.25, -0.2) is 0 Å². The second-order valence-corrected chi connectivity index (χ2v) is 5.19. The number of carbonyl (C=O) groups is 1. The highest BCUT2D eigenvalue weighted by Gasteiger charge is 2.33. The van der Waals surface area contributed by atoms with Crippen molar-refractivity contribution in [1.29, 1.82) is 0 Å². The van der Waals surface area contributed by atoms with Crippen LogP contribution in [-0.2, 0) is 11.2 Å². The zero-order chi connectivity index (χ0) is 13.9. The molecule has 6 heteroatoms. The molecule has 0 saturated heterocycles. The van der Waals surface area contributed by atoms with Crippen LogP contribution in [0.25, 0.3) is 0 Å². The molecule has 0 radical (unpaired) electrons. The standard InChI is InChI=1S/C15H23N3O.2ClH/c1-3-15(4-2,10-16)14(19)18-12-5-6-13-11(9-12)7-8-17-13;;/h5-6,9,17H,3-4,7-8,10,16H2,1-2H3,(H,18,19);2*1H. The topological polar surface area (TPSA) is 67.2 Å². The molecule has 120 valence electrons. The normalized spacial score (nSPS) is 12.5. The Morgan fingerprint density at radius 1 is 1.33 bits per heavy atom. The van der Waals surface area contributed by atoms with Crippen molar-refractivity contribution in [1.82, 2.24) is 0 Å². The third-order valence-electron chi connectivity index (χ3n) is 4.30. The van der Waals surface area contributed by atoms with E-state index in [4.69, 9.17) is 5.73 Å². The molecule has 21 heavy (non-hydrogen) atoms. The molecule has 0 saturated carbocycles. The zero-order valence-corrected chi connectivity index (χ0v) is 14.2. The molecule has 0 spiro atoms. The van der Waals surface area contributed by atoms with Crippen molar-refractivity contribution in [2.24, 2.45) is 11.1 Å². The first-order valence-electron chi connectivity index (χ1n) is 7.03. The molecule has 1 aromatic rings. The zero-order valence-electron chi connectivity index (χ0n) is 12.6. The van der Waals surface area contributed by atoms with Crippen LogP contribution in [-0.4, -0.2) is 19.0 Å². The molecule has 1 amide bonds. The van der Waals surface area contributed by atoms with Crippen LogP contribution in [0.3, 0.4) is 0 Å². The number of amides is 1. The molecular weight excluding hydrogens is 309 g/mol. The molecule has 2 rings (SSSR count). The van der Waals surface area contributed by atoms with E-state index in [0.717, 1.165) is 31.5 Å². The Morgan fingerprint density at radius 2 is 2.00 bits per heavy atom. The fourth-order valence-electron chi connectivity index (χ4n) is 2.60. The van der Waals surface area contributed by atoms with E-state index in [1.54, 1.807) is 0 Å². The summed E-state index contributed by atoms with van der Waals surface area (Å²) in [5.41, 5.74) is 8.67. The monoisotopic (exact) mass is 333 g/mol. The van der Waals surface area contributed by atoms with E-state index in [2.05, 4.69) is 16.7 Å². The lowest BCUT2D eigenvalue weighted by molar-refractivity contribution is -0.125. The molecule has 0 bridgehead atoms. The molecule has 0 fully saturated rings. The highest BCUT2D eigenvalue weighted by molar-refractivity contribution is 5.95. The van der Waals surface area contributed by atoms with Gasteiger partial charge in [0.2, 0.25) is 5.91 Å². The molecule has 0 aliphatic carbocycles. The summed E-state index contributed by atoms with van der Waals surface area (Å²) in [6, 6.07) is 6.03. The average molecular weight is 334 g/mol. The van der Waals surface area contributed by atoms with Crippen molar-refractivity contribution in [3.63, 3.8) is 0 Å². The van der Waals surface area contributed by atoms with Gasteiger partial charge in [-0.05, 0) is 43.0 Å². The first-order valence-corrected chi connectivity index (χ1v) is 7.03. The molecule has 1 heterocycles. The predicted molar refractivity (Wildman–Crippen MR) is 93.8 cm³/mol. The molecule has 1 aromatic carbocycles. The molecule has 0 unspecified atom stereocenters. The highest BCUT2D eigenvalue weighted by atomic mass is 35.5. The van der Waals surface area contributed by atoms with Crippen molar-refractivity contribution in [2.45, 2.75) is 33.1 Å². The molecule has 4 nitrogen and oxygen atoms in total. The fourth-order valence-corrected chi connectivity index (χ4v) is 2.60. The number of carbonyl (C=O) groups excluding carboxylic acids is 1. The van der Waals surface area contributed by atoms with Crippen molar-refractivity contribution in [2.75, 3.05) is 23.7 Å². The Balaban J connectivity index is 0.00000200. The number of nitrogens with one attached hydrogen (secondary N) is 2. The number of rotatable bonds is 5. The maximum Gasteiger partial charge on any atom is 0.231 e. The van der Waals surface area contributed by atoms with Crippen molar-refractivity contribution in [3.05, 3.63) is 23.8 Å². The van der Waals surface area contributed by atoms with E-state index in [9.17, 15) is 4.79 Å². The van der Waals surface area contributed by atoms with Crippen LogP contribution in [0.2, 0.25) is 0 Å². The van der Waals surface area contributed by atoms with Crippen LogP contribution in [0.5, 0.6) is 0 Å². The Labute approximate surface area is 139 Å². The number of hydrogen-bond donors (Lipinski definition) is 3. The Kier molecular flexibility index (Phi) is 8.08. The first kappa shape index (κ1) is 20.0. The molecule has 0 aromatic heterocycles. The Hall–Kier alpha value is -0.970. The highest BCUT2D eigenvalue weighted by Crippen LogP contribution is 2.29. The summed E-state index contributed by atoms with van der Waals surface area (Å²) >= 11 is 0. The van der Waals surface area contributed by atoms with Crippen LogP contribution < -0.4 is 16.4 Å². The maximum atomic E-state index is 12.4. The van der Waals surface area contributed by atoms with Crippen LogP contribution in [0.1, 0.15) is 32.3 Å². The van der Waals surface area contributed by atoms with Gasteiger partial charge in [0.05, 0.1) is 5.41 Å². The average Bonchev–Trinajstić information content (AvgIpc) is 2.89. The van der Waals surface area contributed by atoms with Crippen LogP contribution in [0.15, 0.2) is 18.2 Å². The second kappa shape index (κ2) is 8.47. The molecule has 4 N–H and O–H groups in total. The van der Waals surface area contributed by atoms with E-state index in [0.29, 0.717) is 6.54 Å². The summed E-state index contributed by atoms with van der Waals surface area (Å²) in [5, 5.41) is 6.33. The Bertz CT molecular complexity index is 468. The summed E-state index contributed by atoms with van der Waals surface area (Å²) in [5.74, 6) is 0.0332. The van der Waals surface area contributed by atoms with Crippen LogP contribution in [0, 0.1) is 5.41 Å². The first-order chi connectivity index (χ1) is 9.15. The number of benzene rings is 1. The van der Waals surface area contributed by atoms with E-state index in [-0.39, 0.29) is 30.7 Å². The van der Waals surface area contributed by atoms with E-state index >= 15 is 0 Å². The van der Waals surface area contributed by atoms with Gasteiger partial charge >= 0.3 is 0 Å². The number of hydrogen-bond acceptors (Lipinski definition) is 3. The van der Waals surface area contributed by atoms with E-state index in [1.807, 2.05) is 26.0 Å². The van der Waals surface area contributed by atoms with Gasteiger partial charge in [-0.1, -0.05) is 13.8 Å². The minimum Gasteiger partial charge on any atom is -0.384 e. The summed E-state index contributed by atoms with van der Waals surface area (Å²) in [6.07, 6.45) is 2.54. The number of nitrogens with two attached hydrogens (primary N) is 1. The quantitative estimate of drug-likeness (QED) is 0.775. The minimum absolute atomic E-state index is 0. The molecule has 1 aliphatic rings. The maximum absolute atomic E-state index is 12.4. The number of halogens is 2. The van der Waals surface area contributed by atoms with Crippen LogP contribution >= 0.6 is 24.8 Å². The second-order valence-electron chi connectivity index (χ2n) is 5.19. The predicted octanol–water partition coefficient (Wildman–Crippen LogP) is 3.20. The summed E-state index contributed by atoms with van der Waals surface area (Å²) < 4.78 is 0. The lowest BCUT2D eigenvalue weighted by atomic mass is 9.81. The molecule has 0 atom stereocenters. The van der Waals surface area contributed by atoms with Gasteiger partial charge in [0.1, 0.15) is 0 Å². The largest absolute Gasteiger partial charge is 0.384 e. The Morgan fingerprint density at radius 3 is 2.57 bits per heavy atom. The van der Waals surface area contributed by atoms with Gasteiger partial charge in [-0.3, -0.25) is 4.79 Å². The SMILES string of the molecule is CCC(CC)(CN)C(=O)Nc1ccc2c(c1)CCN2.Cl.Cl. The third-order valence-corrected chi connectivity index (χ3v) is 4.30. The van der Waals surface area contributed by atoms with Gasteiger partial charge < -0.3 is 16.4 Å². The molecule has 1 aliphatic heterocycles.